The predicted molar refractivity (Wildman–Crippen MR) is 106 cm³/mol. The van der Waals surface area contributed by atoms with Gasteiger partial charge in [-0.25, -0.2) is 9.18 Å². The Bertz CT molecular complexity index is 891. The molecule has 29 heavy (non-hydrogen) atoms. The van der Waals surface area contributed by atoms with E-state index in [4.69, 9.17) is 0 Å². The number of benzene rings is 2. The van der Waals surface area contributed by atoms with Crippen LogP contribution >= 0.6 is 0 Å². The van der Waals surface area contributed by atoms with Crippen LogP contribution in [0.5, 0.6) is 0 Å². The summed E-state index contributed by atoms with van der Waals surface area (Å²) in [5.74, 6) is -2.54. The van der Waals surface area contributed by atoms with Crippen molar-refractivity contribution in [2.45, 2.75) is 12.8 Å². The number of hydrogen-bond donors (Lipinski definition) is 2. The molecule has 1 aliphatic rings. The Labute approximate surface area is 167 Å². The number of nitrogens with zero attached hydrogens (tertiary/aromatic N) is 2. The number of likely N-dealkylation sites (tertiary alicyclic amines) is 1. The molecule has 0 bridgehead atoms. The molecule has 2 aromatic rings. The van der Waals surface area contributed by atoms with Gasteiger partial charge in [-0.05, 0) is 37.1 Å². The van der Waals surface area contributed by atoms with E-state index in [0.29, 0.717) is 25.1 Å². The summed E-state index contributed by atoms with van der Waals surface area (Å²) >= 11 is 0. The lowest BCUT2D eigenvalue weighted by Crippen LogP contribution is -2.49. The minimum atomic E-state index is -1.12. The van der Waals surface area contributed by atoms with Gasteiger partial charge >= 0.3 is 12.0 Å². The highest BCUT2D eigenvalue weighted by Gasteiger charge is 2.32. The van der Waals surface area contributed by atoms with Crippen molar-refractivity contribution in [1.82, 2.24) is 4.90 Å². The van der Waals surface area contributed by atoms with E-state index in [1.807, 2.05) is 0 Å². The maximum absolute atomic E-state index is 13.8. The minimum Gasteiger partial charge on any atom is -0.480 e. The van der Waals surface area contributed by atoms with Crippen LogP contribution in [-0.4, -0.2) is 47.5 Å². The molecule has 1 saturated heterocycles. The number of hydrogen-bond acceptors (Lipinski definition) is 3. The maximum atomic E-state index is 13.8. The number of anilines is 2. The first-order valence-electron chi connectivity index (χ1n) is 9.34. The van der Waals surface area contributed by atoms with Gasteiger partial charge in [-0.15, -0.1) is 0 Å². The van der Waals surface area contributed by atoms with Crippen LogP contribution in [0.1, 0.15) is 12.8 Å². The van der Waals surface area contributed by atoms with E-state index in [1.54, 1.807) is 36.4 Å². The molecule has 8 heteroatoms. The average molecular weight is 399 g/mol. The molecular weight excluding hydrogens is 377 g/mol. The van der Waals surface area contributed by atoms with Crippen molar-refractivity contribution < 1.29 is 23.9 Å². The highest BCUT2D eigenvalue weighted by Crippen LogP contribution is 2.24. The van der Waals surface area contributed by atoms with Gasteiger partial charge in [-0.1, -0.05) is 30.3 Å². The van der Waals surface area contributed by atoms with Crippen LogP contribution in [0.2, 0.25) is 0 Å². The van der Waals surface area contributed by atoms with Crippen LogP contribution in [0.3, 0.4) is 0 Å². The van der Waals surface area contributed by atoms with Crippen LogP contribution in [0.15, 0.2) is 54.6 Å². The Hall–Kier alpha value is -3.42. The van der Waals surface area contributed by atoms with Crippen molar-refractivity contribution in [3.05, 3.63) is 60.4 Å². The van der Waals surface area contributed by atoms with Crippen LogP contribution in [0.4, 0.5) is 20.6 Å². The number of nitrogens with one attached hydrogen (secondary N) is 1. The lowest BCUT2D eigenvalue weighted by Gasteiger charge is -2.34. The first kappa shape index (κ1) is 20.3. The number of carbonyl (C=O) groups excluding carboxylic acids is 2. The quantitative estimate of drug-likeness (QED) is 0.808. The molecule has 0 aromatic heterocycles. The monoisotopic (exact) mass is 399 g/mol. The number of carboxylic acids is 1. The molecular formula is C21H22FN3O4. The zero-order valence-corrected chi connectivity index (χ0v) is 15.8. The van der Waals surface area contributed by atoms with Gasteiger partial charge in [0.2, 0.25) is 5.91 Å². The van der Waals surface area contributed by atoms with Gasteiger partial charge in [0.1, 0.15) is 12.4 Å². The van der Waals surface area contributed by atoms with Gasteiger partial charge in [-0.3, -0.25) is 9.59 Å². The number of urea groups is 1. The lowest BCUT2D eigenvalue weighted by atomic mass is 9.96. The van der Waals surface area contributed by atoms with E-state index < -0.39 is 30.3 Å². The Morgan fingerprint density at radius 3 is 2.48 bits per heavy atom. The second kappa shape index (κ2) is 9.18. The summed E-state index contributed by atoms with van der Waals surface area (Å²) in [7, 11) is 0. The number of carbonyl (C=O) groups is 3. The number of carboxylic acid groups (broad SMARTS) is 1. The van der Waals surface area contributed by atoms with Crippen LogP contribution in [-0.2, 0) is 9.59 Å². The molecule has 152 valence electrons. The van der Waals surface area contributed by atoms with Gasteiger partial charge < -0.3 is 20.2 Å². The fraction of sp³-hybridized carbons (Fsp3) is 0.286. The molecule has 2 aromatic carbocycles. The summed E-state index contributed by atoms with van der Waals surface area (Å²) in [5, 5.41) is 11.7. The summed E-state index contributed by atoms with van der Waals surface area (Å²) in [6.45, 7) is 0.122. The molecule has 0 spiro atoms. The van der Waals surface area contributed by atoms with E-state index in [-0.39, 0.29) is 18.1 Å². The molecule has 0 saturated carbocycles. The summed E-state index contributed by atoms with van der Waals surface area (Å²) in [6.07, 6.45) is 1.14. The molecule has 1 aliphatic heterocycles. The zero-order valence-electron chi connectivity index (χ0n) is 15.8. The Balaban J connectivity index is 1.71. The molecule has 2 N–H and O–H groups in total. The van der Waals surface area contributed by atoms with Crippen molar-refractivity contribution in [3.8, 4) is 0 Å². The zero-order chi connectivity index (χ0) is 20.8. The minimum absolute atomic E-state index is 0.0720. The SMILES string of the molecule is O=C(O)CN(C(=O)C1CCCN(C(=O)Nc2ccccc2F)C1)c1ccccc1. The smallest absolute Gasteiger partial charge is 0.323 e. The highest BCUT2D eigenvalue weighted by molar-refractivity contribution is 5.99. The molecule has 0 aliphatic carbocycles. The third kappa shape index (κ3) is 5.10. The average Bonchev–Trinajstić information content (AvgIpc) is 2.73. The number of rotatable bonds is 5. The third-order valence-corrected chi connectivity index (χ3v) is 4.80. The number of para-hydroxylation sites is 2. The van der Waals surface area contributed by atoms with E-state index in [1.165, 1.54) is 28.0 Å². The number of amides is 3. The molecule has 3 amide bonds. The Kier molecular flexibility index (Phi) is 6.43. The van der Waals surface area contributed by atoms with Gasteiger partial charge in [0.25, 0.3) is 0 Å². The van der Waals surface area contributed by atoms with Crippen molar-refractivity contribution in [1.29, 1.82) is 0 Å². The molecule has 1 heterocycles. The summed E-state index contributed by atoms with van der Waals surface area (Å²) in [5.41, 5.74) is 0.565. The fourth-order valence-electron chi connectivity index (χ4n) is 3.38. The number of aliphatic carboxylic acids is 1. The Morgan fingerprint density at radius 1 is 1.10 bits per heavy atom. The second-order valence-corrected chi connectivity index (χ2v) is 6.85. The Morgan fingerprint density at radius 2 is 1.79 bits per heavy atom. The molecule has 3 rings (SSSR count). The van der Waals surface area contributed by atoms with Crippen molar-refractivity contribution >= 4 is 29.3 Å². The van der Waals surface area contributed by atoms with Crippen LogP contribution in [0.25, 0.3) is 0 Å². The summed E-state index contributed by atoms with van der Waals surface area (Å²) < 4.78 is 13.8. The van der Waals surface area contributed by atoms with Crippen LogP contribution < -0.4 is 10.2 Å². The molecule has 1 unspecified atom stereocenters. The highest BCUT2D eigenvalue weighted by atomic mass is 19.1. The molecule has 1 fully saturated rings. The third-order valence-electron chi connectivity index (χ3n) is 4.80. The summed E-state index contributed by atoms with van der Waals surface area (Å²) in [4.78, 5) is 39.6. The van der Waals surface area contributed by atoms with Crippen molar-refractivity contribution in [3.63, 3.8) is 0 Å². The van der Waals surface area contributed by atoms with E-state index in [0.717, 1.165) is 0 Å². The van der Waals surface area contributed by atoms with Crippen molar-refractivity contribution in [2.24, 2.45) is 5.92 Å². The lowest BCUT2D eigenvalue weighted by molar-refractivity contribution is -0.137. The van der Waals surface area contributed by atoms with E-state index >= 15 is 0 Å². The number of halogens is 1. The number of piperidine rings is 1. The first-order chi connectivity index (χ1) is 14.0. The van der Waals surface area contributed by atoms with Gasteiger partial charge in [0.05, 0.1) is 11.6 Å². The second-order valence-electron chi connectivity index (χ2n) is 6.85. The molecule has 1 atom stereocenters. The van der Waals surface area contributed by atoms with E-state index in [9.17, 15) is 23.9 Å². The first-order valence-corrected chi connectivity index (χ1v) is 9.34. The standard InChI is InChI=1S/C21H22FN3O4/c22-17-10-4-5-11-18(17)23-21(29)24-12-6-7-15(13-24)20(28)25(14-19(26)27)16-8-2-1-3-9-16/h1-5,8-11,15H,6-7,12-14H2,(H,23,29)(H,26,27). The fourth-order valence-corrected chi connectivity index (χ4v) is 3.38. The van der Waals surface area contributed by atoms with Gasteiger partial charge in [0, 0.05) is 18.8 Å². The van der Waals surface area contributed by atoms with Gasteiger partial charge in [0.15, 0.2) is 0 Å². The normalized spacial score (nSPS) is 16.2. The topological polar surface area (TPSA) is 90.0 Å². The van der Waals surface area contributed by atoms with E-state index in [2.05, 4.69) is 5.32 Å². The largest absolute Gasteiger partial charge is 0.480 e. The maximum Gasteiger partial charge on any atom is 0.323 e. The van der Waals surface area contributed by atoms with Crippen LogP contribution in [0, 0.1) is 11.7 Å². The predicted octanol–water partition coefficient (Wildman–Crippen LogP) is 3.19. The summed E-state index contributed by atoms with van der Waals surface area (Å²) in [6, 6.07) is 14.0. The molecule has 0 radical (unpaired) electrons. The van der Waals surface area contributed by atoms with Gasteiger partial charge in [-0.2, -0.15) is 0 Å². The van der Waals surface area contributed by atoms with Crippen molar-refractivity contribution in [2.75, 3.05) is 29.9 Å². The molecule has 7 nitrogen and oxygen atoms in total.